The van der Waals surface area contributed by atoms with Crippen molar-refractivity contribution >= 4 is 17.4 Å². The fraction of sp³-hybridized carbons (Fsp3) is 0.235. The first-order chi connectivity index (χ1) is 9.69. The van der Waals surface area contributed by atoms with E-state index >= 15 is 0 Å². The van der Waals surface area contributed by atoms with Crippen molar-refractivity contribution in [3.8, 4) is 5.75 Å². The molecule has 0 fully saturated rings. The van der Waals surface area contributed by atoms with Crippen LogP contribution in [0.3, 0.4) is 0 Å². The topological polar surface area (TPSA) is 26.3 Å². The van der Waals surface area contributed by atoms with Gasteiger partial charge in [-0.1, -0.05) is 29.8 Å². The predicted molar refractivity (Wildman–Crippen MR) is 81.6 cm³/mol. The molecular weight excluding hydrogens is 272 g/mol. The molecule has 0 radical (unpaired) electrons. The van der Waals surface area contributed by atoms with Gasteiger partial charge in [-0.2, -0.15) is 0 Å². The van der Waals surface area contributed by atoms with E-state index in [1.54, 1.807) is 12.1 Å². The molecule has 104 valence electrons. The minimum absolute atomic E-state index is 0.0603. The van der Waals surface area contributed by atoms with Crippen molar-refractivity contribution < 1.29 is 9.53 Å². The number of Topliss-reactive ketones (excluding diaryl/α,β-unsaturated/α-hetero) is 1. The van der Waals surface area contributed by atoms with Gasteiger partial charge in [-0.05, 0) is 36.8 Å². The lowest BCUT2D eigenvalue weighted by molar-refractivity contribution is 0.0989. The highest BCUT2D eigenvalue weighted by Crippen LogP contribution is 2.15. The number of alkyl halides is 1. The summed E-state index contributed by atoms with van der Waals surface area (Å²) in [6.07, 6.45) is 0.366. The van der Waals surface area contributed by atoms with Crippen molar-refractivity contribution in [3.63, 3.8) is 0 Å². The highest BCUT2D eigenvalue weighted by molar-refractivity contribution is 6.19. The van der Waals surface area contributed by atoms with Crippen LogP contribution in [0.4, 0.5) is 0 Å². The van der Waals surface area contributed by atoms with Crippen LogP contribution in [0.2, 0.25) is 0 Å². The smallest absolute Gasteiger partial charge is 0.164 e. The average Bonchev–Trinajstić information content (AvgIpc) is 2.47. The quantitative estimate of drug-likeness (QED) is 0.582. The Kier molecular flexibility index (Phi) is 5.19. The Morgan fingerprint density at radius 3 is 2.30 bits per heavy atom. The second-order valence-corrected chi connectivity index (χ2v) is 5.04. The first-order valence-electron chi connectivity index (χ1n) is 6.56. The van der Waals surface area contributed by atoms with Crippen molar-refractivity contribution in [2.45, 2.75) is 20.0 Å². The van der Waals surface area contributed by atoms with Gasteiger partial charge in [-0.3, -0.25) is 4.79 Å². The normalized spacial score (nSPS) is 10.3. The molecule has 2 aromatic carbocycles. The molecule has 0 aliphatic rings. The Bertz CT molecular complexity index is 559. The molecule has 20 heavy (non-hydrogen) atoms. The number of aryl methyl sites for hydroxylation is 1. The summed E-state index contributed by atoms with van der Waals surface area (Å²) < 4.78 is 5.69. The first-order valence-corrected chi connectivity index (χ1v) is 7.10. The second-order valence-electron chi connectivity index (χ2n) is 4.66. The van der Waals surface area contributed by atoms with E-state index < -0.39 is 0 Å². The lowest BCUT2D eigenvalue weighted by atomic mass is 10.1. The summed E-state index contributed by atoms with van der Waals surface area (Å²) in [4.78, 5) is 11.6. The van der Waals surface area contributed by atoms with E-state index in [2.05, 4.69) is 19.1 Å². The maximum atomic E-state index is 11.6. The van der Waals surface area contributed by atoms with Crippen LogP contribution in [0.15, 0.2) is 48.5 Å². The molecule has 0 N–H and O–H groups in total. The fourth-order valence-electron chi connectivity index (χ4n) is 1.82. The van der Waals surface area contributed by atoms with Gasteiger partial charge in [0.05, 0.1) is 0 Å². The number of carbonyl (C=O) groups excluding carboxylic acids is 1. The molecule has 0 aliphatic carbocycles. The number of ketones is 1. The minimum atomic E-state index is 0.0603. The summed E-state index contributed by atoms with van der Waals surface area (Å²) in [5.74, 6) is 1.17. The number of benzene rings is 2. The van der Waals surface area contributed by atoms with E-state index in [0.717, 1.165) is 11.3 Å². The van der Waals surface area contributed by atoms with Crippen LogP contribution in [0.25, 0.3) is 0 Å². The van der Waals surface area contributed by atoms with E-state index in [-0.39, 0.29) is 5.78 Å². The molecule has 0 aromatic heterocycles. The zero-order valence-corrected chi connectivity index (χ0v) is 12.2. The largest absolute Gasteiger partial charge is 0.489 e. The van der Waals surface area contributed by atoms with Crippen molar-refractivity contribution in [1.82, 2.24) is 0 Å². The minimum Gasteiger partial charge on any atom is -0.489 e. The van der Waals surface area contributed by atoms with Crippen molar-refractivity contribution in [2.24, 2.45) is 0 Å². The Morgan fingerprint density at radius 1 is 1.05 bits per heavy atom. The molecule has 0 unspecified atom stereocenters. The molecule has 0 heterocycles. The van der Waals surface area contributed by atoms with Gasteiger partial charge in [-0.25, -0.2) is 0 Å². The third-order valence-corrected chi connectivity index (χ3v) is 3.21. The maximum absolute atomic E-state index is 11.6. The molecule has 3 heteroatoms. The van der Waals surface area contributed by atoms with Crippen LogP contribution < -0.4 is 4.74 Å². The Morgan fingerprint density at radius 2 is 1.70 bits per heavy atom. The number of halogens is 1. The lowest BCUT2D eigenvalue weighted by Crippen LogP contribution is -2.00. The van der Waals surface area contributed by atoms with E-state index in [0.29, 0.717) is 24.5 Å². The molecule has 0 aliphatic heterocycles. The van der Waals surface area contributed by atoms with Crippen LogP contribution in [-0.2, 0) is 6.61 Å². The molecule has 0 saturated heterocycles. The summed E-state index contributed by atoms with van der Waals surface area (Å²) in [5.41, 5.74) is 3.03. The number of carbonyl (C=O) groups is 1. The molecule has 0 spiro atoms. The zero-order chi connectivity index (χ0) is 14.4. The molecule has 0 bridgehead atoms. The molecule has 0 saturated carbocycles. The summed E-state index contributed by atoms with van der Waals surface area (Å²) in [5, 5.41) is 0. The highest BCUT2D eigenvalue weighted by Gasteiger charge is 2.05. The highest BCUT2D eigenvalue weighted by atomic mass is 35.5. The van der Waals surface area contributed by atoms with E-state index in [1.807, 2.05) is 24.3 Å². The molecule has 2 nitrogen and oxygen atoms in total. The number of ether oxygens (including phenoxy) is 1. The van der Waals surface area contributed by atoms with Crippen LogP contribution in [0.1, 0.15) is 27.9 Å². The van der Waals surface area contributed by atoms with Gasteiger partial charge >= 0.3 is 0 Å². The van der Waals surface area contributed by atoms with E-state index in [1.165, 1.54) is 5.56 Å². The second kappa shape index (κ2) is 7.11. The molecule has 2 rings (SSSR count). The summed E-state index contributed by atoms with van der Waals surface area (Å²) in [6.45, 7) is 2.58. The lowest BCUT2D eigenvalue weighted by Gasteiger charge is -2.07. The van der Waals surface area contributed by atoms with Gasteiger partial charge in [0.2, 0.25) is 0 Å². The predicted octanol–water partition coefficient (Wildman–Crippen LogP) is 4.39. The van der Waals surface area contributed by atoms with Crippen LogP contribution >= 0.6 is 11.6 Å². The Labute approximate surface area is 124 Å². The van der Waals surface area contributed by atoms with Crippen molar-refractivity contribution in [3.05, 3.63) is 65.2 Å². The van der Waals surface area contributed by atoms with Gasteiger partial charge in [0, 0.05) is 17.9 Å². The third kappa shape index (κ3) is 4.10. The van der Waals surface area contributed by atoms with Crippen molar-refractivity contribution in [2.75, 3.05) is 5.88 Å². The average molecular weight is 289 g/mol. The zero-order valence-electron chi connectivity index (χ0n) is 11.4. The third-order valence-electron chi connectivity index (χ3n) is 3.02. The van der Waals surface area contributed by atoms with Crippen LogP contribution in [-0.4, -0.2) is 11.7 Å². The molecular formula is C17H17ClO2. The summed E-state index contributed by atoms with van der Waals surface area (Å²) in [7, 11) is 0. The maximum Gasteiger partial charge on any atom is 0.164 e. The summed E-state index contributed by atoms with van der Waals surface area (Å²) in [6, 6.07) is 15.4. The molecule has 0 atom stereocenters. The van der Waals surface area contributed by atoms with E-state index in [4.69, 9.17) is 16.3 Å². The monoisotopic (exact) mass is 288 g/mol. The van der Waals surface area contributed by atoms with Gasteiger partial charge in [0.25, 0.3) is 0 Å². The number of hydrogen-bond acceptors (Lipinski definition) is 2. The van der Waals surface area contributed by atoms with Crippen molar-refractivity contribution in [1.29, 1.82) is 0 Å². The van der Waals surface area contributed by atoms with Crippen LogP contribution in [0, 0.1) is 6.92 Å². The molecule has 0 amide bonds. The number of rotatable bonds is 6. The van der Waals surface area contributed by atoms with Gasteiger partial charge < -0.3 is 4.74 Å². The van der Waals surface area contributed by atoms with E-state index in [9.17, 15) is 4.79 Å². The molecule has 2 aromatic rings. The standard InChI is InChI=1S/C17H17ClO2/c1-13-2-4-14(5-3-13)12-20-16-8-6-15(7-9-16)17(19)10-11-18/h2-9H,10-12H2,1H3. The SMILES string of the molecule is Cc1ccc(COc2ccc(C(=O)CCCl)cc2)cc1. The first kappa shape index (κ1) is 14.6. The van der Waals surface area contributed by atoms with Crippen LogP contribution in [0.5, 0.6) is 5.75 Å². The fourth-order valence-corrected chi connectivity index (χ4v) is 1.99. The summed E-state index contributed by atoms with van der Waals surface area (Å²) >= 11 is 5.56. The van der Waals surface area contributed by atoms with Gasteiger partial charge in [-0.15, -0.1) is 11.6 Å². The van der Waals surface area contributed by atoms with Gasteiger partial charge in [0.15, 0.2) is 5.78 Å². The Balaban J connectivity index is 1.93. The Hall–Kier alpha value is -1.80. The number of hydrogen-bond donors (Lipinski definition) is 0. The van der Waals surface area contributed by atoms with Gasteiger partial charge in [0.1, 0.15) is 12.4 Å².